The molecule has 0 radical (unpaired) electrons. The Hall–Kier alpha value is 0.100. The van der Waals surface area contributed by atoms with Gasteiger partial charge in [0.25, 0.3) is 0 Å². The van der Waals surface area contributed by atoms with Crippen molar-refractivity contribution in [1.82, 2.24) is 10.2 Å². The van der Waals surface area contributed by atoms with Crippen molar-refractivity contribution >= 4 is 27.3 Å². The summed E-state index contributed by atoms with van der Waals surface area (Å²) < 4.78 is 1.24. The first kappa shape index (κ1) is 11.6. The maximum atomic E-state index is 3.55. The molecule has 1 aliphatic rings. The molecule has 0 aromatic carbocycles. The van der Waals surface area contributed by atoms with Crippen molar-refractivity contribution in [2.45, 2.75) is 13.0 Å². The lowest BCUT2D eigenvalue weighted by Gasteiger charge is -2.11. The van der Waals surface area contributed by atoms with Crippen molar-refractivity contribution in [3.63, 3.8) is 0 Å². The SMILES string of the molecule is CN1CCC(CNCc2sccc2Br)C1. The van der Waals surface area contributed by atoms with E-state index in [1.165, 1.54) is 28.9 Å². The van der Waals surface area contributed by atoms with Gasteiger partial charge in [-0.15, -0.1) is 11.3 Å². The van der Waals surface area contributed by atoms with Crippen molar-refractivity contribution in [3.8, 4) is 0 Å². The molecule has 1 aromatic heterocycles. The average Bonchev–Trinajstić information content (AvgIpc) is 2.77. The summed E-state index contributed by atoms with van der Waals surface area (Å²) in [6, 6.07) is 2.12. The zero-order valence-corrected chi connectivity index (χ0v) is 11.4. The maximum Gasteiger partial charge on any atom is 0.0327 e. The van der Waals surface area contributed by atoms with Crippen LogP contribution in [0.25, 0.3) is 0 Å². The van der Waals surface area contributed by atoms with E-state index < -0.39 is 0 Å². The number of hydrogen-bond acceptors (Lipinski definition) is 3. The highest BCUT2D eigenvalue weighted by atomic mass is 79.9. The van der Waals surface area contributed by atoms with Crippen LogP contribution in [0.1, 0.15) is 11.3 Å². The quantitative estimate of drug-likeness (QED) is 0.916. The summed E-state index contributed by atoms with van der Waals surface area (Å²) in [5, 5.41) is 5.67. The molecule has 1 fully saturated rings. The third-order valence-corrected chi connectivity index (χ3v) is 4.82. The van der Waals surface area contributed by atoms with Crippen LogP contribution < -0.4 is 5.32 Å². The summed E-state index contributed by atoms with van der Waals surface area (Å²) in [5.74, 6) is 0.841. The van der Waals surface area contributed by atoms with Crippen LogP contribution in [0.15, 0.2) is 15.9 Å². The Morgan fingerprint density at radius 3 is 3.13 bits per heavy atom. The molecule has 0 amide bonds. The maximum absolute atomic E-state index is 3.55. The first-order valence-corrected chi connectivity index (χ1v) is 7.04. The molecule has 1 unspecified atom stereocenters. The van der Waals surface area contributed by atoms with E-state index in [9.17, 15) is 0 Å². The van der Waals surface area contributed by atoms with E-state index in [-0.39, 0.29) is 0 Å². The lowest BCUT2D eigenvalue weighted by Crippen LogP contribution is -2.24. The number of hydrogen-bond donors (Lipinski definition) is 1. The van der Waals surface area contributed by atoms with E-state index in [1.54, 1.807) is 0 Å². The van der Waals surface area contributed by atoms with E-state index in [2.05, 4.69) is 44.6 Å². The van der Waals surface area contributed by atoms with Gasteiger partial charge in [0.15, 0.2) is 0 Å². The predicted molar refractivity (Wildman–Crippen MR) is 69.3 cm³/mol. The minimum atomic E-state index is 0.841. The van der Waals surface area contributed by atoms with Gasteiger partial charge in [-0.05, 0) is 59.9 Å². The Morgan fingerprint density at radius 1 is 1.67 bits per heavy atom. The Kier molecular flexibility index (Phi) is 4.20. The van der Waals surface area contributed by atoms with Crippen LogP contribution in [0.3, 0.4) is 0 Å². The molecule has 0 spiro atoms. The summed E-state index contributed by atoms with van der Waals surface area (Å²) >= 11 is 5.36. The van der Waals surface area contributed by atoms with Crippen LogP contribution in [0, 0.1) is 5.92 Å². The van der Waals surface area contributed by atoms with Gasteiger partial charge >= 0.3 is 0 Å². The molecule has 84 valence electrons. The van der Waals surface area contributed by atoms with Crippen LogP contribution in [0.2, 0.25) is 0 Å². The zero-order chi connectivity index (χ0) is 10.7. The molecule has 0 bridgehead atoms. The van der Waals surface area contributed by atoms with Crippen molar-refractivity contribution < 1.29 is 0 Å². The largest absolute Gasteiger partial charge is 0.311 e. The third kappa shape index (κ3) is 3.28. The summed E-state index contributed by atoms with van der Waals surface area (Å²) in [5.41, 5.74) is 0. The van der Waals surface area contributed by atoms with Gasteiger partial charge in [-0.2, -0.15) is 0 Å². The second-order valence-electron chi connectivity index (χ2n) is 4.24. The van der Waals surface area contributed by atoms with Gasteiger partial charge < -0.3 is 10.2 Å². The fourth-order valence-electron chi connectivity index (χ4n) is 2.03. The Balaban J connectivity index is 1.69. The minimum absolute atomic E-state index is 0.841. The topological polar surface area (TPSA) is 15.3 Å². The van der Waals surface area contributed by atoms with Gasteiger partial charge in [0, 0.05) is 22.4 Å². The highest BCUT2D eigenvalue weighted by Gasteiger charge is 2.18. The number of halogens is 1. The van der Waals surface area contributed by atoms with Crippen molar-refractivity contribution in [3.05, 3.63) is 20.8 Å². The minimum Gasteiger partial charge on any atom is -0.311 e. The van der Waals surface area contributed by atoms with Gasteiger partial charge in [0.1, 0.15) is 0 Å². The first-order valence-electron chi connectivity index (χ1n) is 5.37. The van der Waals surface area contributed by atoms with Gasteiger partial charge in [-0.1, -0.05) is 0 Å². The van der Waals surface area contributed by atoms with E-state index in [0.29, 0.717) is 0 Å². The third-order valence-electron chi connectivity index (χ3n) is 2.90. The van der Waals surface area contributed by atoms with Crippen molar-refractivity contribution in [1.29, 1.82) is 0 Å². The molecule has 1 atom stereocenters. The lowest BCUT2D eigenvalue weighted by molar-refractivity contribution is 0.388. The highest BCUT2D eigenvalue weighted by molar-refractivity contribution is 9.10. The zero-order valence-electron chi connectivity index (χ0n) is 9.00. The molecule has 2 nitrogen and oxygen atoms in total. The molecule has 2 heterocycles. The normalized spacial score (nSPS) is 22.4. The van der Waals surface area contributed by atoms with Crippen LogP contribution in [-0.4, -0.2) is 31.6 Å². The molecule has 4 heteroatoms. The molecular weight excluding hydrogens is 272 g/mol. The van der Waals surface area contributed by atoms with E-state index in [4.69, 9.17) is 0 Å². The second kappa shape index (κ2) is 5.43. The average molecular weight is 289 g/mol. The van der Waals surface area contributed by atoms with Gasteiger partial charge in [0.05, 0.1) is 0 Å². The molecule has 0 aliphatic carbocycles. The van der Waals surface area contributed by atoms with E-state index >= 15 is 0 Å². The number of nitrogens with one attached hydrogen (secondary N) is 1. The Labute approximate surface area is 104 Å². The van der Waals surface area contributed by atoms with Gasteiger partial charge in [0.2, 0.25) is 0 Å². The highest BCUT2D eigenvalue weighted by Crippen LogP contribution is 2.22. The first-order chi connectivity index (χ1) is 7.25. The monoisotopic (exact) mass is 288 g/mol. The van der Waals surface area contributed by atoms with Gasteiger partial charge in [-0.3, -0.25) is 0 Å². The Bertz CT molecular complexity index is 313. The predicted octanol–water partition coefficient (Wildman–Crippen LogP) is 2.55. The fourth-order valence-corrected chi connectivity index (χ4v) is 3.50. The number of likely N-dealkylation sites (tertiary alicyclic amines) is 1. The molecular formula is C11H17BrN2S. The molecule has 1 N–H and O–H groups in total. The van der Waals surface area contributed by atoms with Gasteiger partial charge in [-0.25, -0.2) is 0 Å². The smallest absolute Gasteiger partial charge is 0.0327 e. The van der Waals surface area contributed by atoms with E-state index in [0.717, 1.165) is 19.0 Å². The molecule has 2 rings (SSSR count). The van der Waals surface area contributed by atoms with Crippen LogP contribution >= 0.6 is 27.3 Å². The fraction of sp³-hybridized carbons (Fsp3) is 0.636. The summed E-state index contributed by atoms with van der Waals surface area (Å²) in [4.78, 5) is 3.81. The van der Waals surface area contributed by atoms with Crippen LogP contribution in [0.5, 0.6) is 0 Å². The second-order valence-corrected chi connectivity index (χ2v) is 6.09. The summed E-state index contributed by atoms with van der Waals surface area (Å²) in [7, 11) is 2.20. The van der Waals surface area contributed by atoms with Crippen LogP contribution in [-0.2, 0) is 6.54 Å². The molecule has 1 aliphatic heterocycles. The number of rotatable bonds is 4. The number of nitrogens with zero attached hydrogens (tertiary/aromatic N) is 1. The molecule has 1 saturated heterocycles. The van der Waals surface area contributed by atoms with Crippen molar-refractivity contribution in [2.24, 2.45) is 5.92 Å². The van der Waals surface area contributed by atoms with E-state index in [1.807, 2.05) is 11.3 Å². The van der Waals surface area contributed by atoms with Crippen LogP contribution in [0.4, 0.5) is 0 Å². The Morgan fingerprint density at radius 2 is 2.53 bits per heavy atom. The molecule has 0 saturated carbocycles. The lowest BCUT2D eigenvalue weighted by atomic mass is 10.1. The standard InChI is InChI=1S/C11H17BrN2S/c1-14-4-2-9(8-14)6-13-7-11-10(12)3-5-15-11/h3,5,9,13H,2,4,6-8H2,1H3. The summed E-state index contributed by atoms with van der Waals surface area (Å²) in [6.45, 7) is 4.65. The molecule has 15 heavy (non-hydrogen) atoms. The summed E-state index contributed by atoms with van der Waals surface area (Å²) in [6.07, 6.45) is 1.34. The molecule has 1 aromatic rings. The number of thiophene rings is 1. The van der Waals surface area contributed by atoms with Crippen molar-refractivity contribution in [2.75, 3.05) is 26.7 Å².